The molecular formula is C16H32N4O. The summed E-state index contributed by atoms with van der Waals surface area (Å²) >= 11 is 0. The van der Waals surface area contributed by atoms with Gasteiger partial charge in [-0.05, 0) is 45.7 Å². The van der Waals surface area contributed by atoms with Crippen LogP contribution in [0.5, 0.6) is 0 Å². The number of aliphatic hydroxyl groups is 1. The first kappa shape index (κ1) is 16.6. The van der Waals surface area contributed by atoms with Crippen LogP contribution in [0, 0.1) is 5.92 Å². The highest BCUT2D eigenvalue weighted by Gasteiger charge is 2.25. The molecule has 2 rings (SSSR count). The standard InChI is InChI=1S/C16H32N4O/c1-3-17-16(18-11-13-7-5-9-15(13)21)19-12-14-8-6-10-20(14)4-2/h13-15,21H,3-12H2,1-2H3,(H2,17,18,19). The van der Waals surface area contributed by atoms with Crippen molar-refractivity contribution in [1.82, 2.24) is 15.5 Å². The molecule has 3 atom stereocenters. The second kappa shape index (κ2) is 8.59. The quantitative estimate of drug-likeness (QED) is 0.509. The van der Waals surface area contributed by atoms with Crippen LogP contribution in [0.1, 0.15) is 46.0 Å². The number of aliphatic hydroxyl groups excluding tert-OH is 1. The summed E-state index contributed by atoms with van der Waals surface area (Å²) < 4.78 is 0. The Hall–Kier alpha value is -0.810. The molecule has 122 valence electrons. The number of guanidine groups is 1. The molecule has 1 aliphatic carbocycles. The fraction of sp³-hybridized carbons (Fsp3) is 0.938. The van der Waals surface area contributed by atoms with E-state index in [2.05, 4.69) is 34.4 Å². The van der Waals surface area contributed by atoms with Crippen molar-refractivity contribution >= 4 is 5.96 Å². The van der Waals surface area contributed by atoms with Crippen molar-refractivity contribution < 1.29 is 5.11 Å². The molecule has 0 bridgehead atoms. The number of nitrogens with zero attached hydrogens (tertiary/aromatic N) is 2. The highest BCUT2D eigenvalue weighted by Crippen LogP contribution is 2.25. The molecule has 21 heavy (non-hydrogen) atoms. The van der Waals surface area contributed by atoms with E-state index >= 15 is 0 Å². The lowest BCUT2D eigenvalue weighted by Crippen LogP contribution is -2.45. The Bertz CT molecular complexity index is 334. The van der Waals surface area contributed by atoms with E-state index in [0.717, 1.165) is 51.4 Å². The maximum Gasteiger partial charge on any atom is 0.191 e. The van der Waals surface area contributed by atoms with E-state index in [9.17, 15) is 5.11 Å². The Kier molecular flexibility index (Phi) is 6.77. The van der Waals surface area contributed by atoms with Gasteiger partial charge in [0, 0.05) is 31.6 Å². The highest BCUT2D eigenvalue weighted by atomic mass is 16.3. The van der Waals surface area contributed by atoms with E-state index in [1.54, 1.807) is 0 Å². The lowest BCUT2D eigenvalue weighted by atomic mass is 10.1. The van der Waals surface area contributed by atoms with E-state index < -0.39 is 0 Å². The van der Waals surface area contributed by atoms with Crippen molar-refractivity contribution in [3.05, 3.63) is 0 Å². The van der Waals surface area contributed by atoms with Crippen molar-refractivity contribution in [3.63, 3.8) is 0 Å². The van der Waals surface area contributed by atoms with Crippen LogP contribution in [0.15, 0.2) is 4.99 Å². The molecule has 5 nitrogen and oxygen atoms in total. The van der Waals surface area contributed by atoms with Gasteiger partial charge < -0.3 is 15.7 Å². The molecule has 0 amide bonds. The Morgan fingerprint density at radius 1 is 1.19 bits per heavy atom. The molecule has 3 N–H and O–H groups in total. The van der Waals surface area contributed by atoms with Gasteiger partial charge in [-0.25, -0.2) is 0 Å². The summed E-state index contributed by atoms with van der Waals surface area (Å²) in [6, 6.07) is 0.635. The van der Waals surface area contributed by atoms with Gasteiger partial charge in [-0.15, -0.1) is 0 Å². The van der Waals surface area contributed by atoms with Crippen LogP contribution < -0.4 is 10.6 Å². The van der Waals surface area contributed by atoms with Crippen LogP contribution in [0.2, 0.25) is 0 Å². The molecule has 1 saturated heterocycles. The SMILES string of the molecule is CCNC(=NCC1CCCC1O)NCC1CCCN1CC. The number of hydrogen-bond acceptors (Lipinski definition) is 3. The van der Waals surface area contributed by atoms with Gasteiger partial charge in [0.15, 0.2) is 5.96 Å². The van der Waals surface area contributed by atoms with E-state index in [-0.39, 0.29) is 6.10 Å². The summed E-state index contributed by atoms with van der Waals surface area (Å²) in [5.41, 5.74) is 0. The predicted octanol–water partition coefficient (Wildman–Crippen LogP) is 1.19. The number of likely N-dealkylation sites (tertiary alicyclic amines) is 1. The highest BCUT2D eigenvalue weighted by molar-refractivity contribution is 5.79. The fourth-order valence-corrected chi connectivity index (χ4v) is 3.54. The van der Waals surface area contributed by atoms with Crippen LogP contribution in [-0.2, 0) is 0 Å². The van der Waals surface area contributed by atoms with Gasteiger partial charge in [0.2, 0.25) is 0 Å². The third-order valence-corrected chi connectivity index (χ3v) is 4.86. The number of likely N-dealkylation sites (N-methyl/N-ethyl adjacent to an activating group) is 1. The van der Waals surface area contributed by atoms with Gasteiger partial charge in [0.05, 0.1) is 6.10 Å². The Labute approximate surface area is 129 Å². The van der Waals surface area contributed by atoms with Gasteiger partial charge >= 0.3 is 0 Å². The minimum atomic E-state index is -0.151. The molecule has 3 unspecified atom stereocenters. The van der Waals surface area contributed by atoms with Crippen molar-refractivity contribution in [1.29, 1.82) is 0 Å². The van der Waals surface area contributed by atoms with Gasteiger partial charge in [0.25, 0.3) is 0 Å². The number of rotatable bonds is 6. The first-order chi connectivity index (χ1) is 10.2. The summed E-state index contributed by atoms with van der Waals surface area (Å²) in [6.07, 6.45) is 5.62. The fourth-order valence-electron chi connectivity index (χ4n) is 3.54. The molecule has 0 aromatic rings. The molecule has 0 aromatic carbocycles. The molecule has 1 heterocycles. The summed E-state index contributed by atoms with van der Waals surface area (Å²) in [6.45, 7) is 9.26. The normalized spacial score (nSPS) is 30.8. The molecule has 0 aromatic heterocycles. The van der Waals surface area contributed by atoms with Crippen molar-refractivity contribution in [2.45, 2.75) is 58.1 Å². The van der Waals surface area contributed by atoms with Crippen LogP contribution in [0.25, 0.3) is 0 Å². The van der Waals surface area contributed by atoms with Crippen molar-refractivity contribution in [2.24, 2.45) is 10.9 Å². The molecule has 2 fully saturated rings. The van der Waals surface area contributed by atoms with Crippen molar-refractivity contribution in [3.8, 4) is 0 Å². The lowest BCUT2D eigenvalue weighted by Gasteiger charge is -2.24. The maximum atomic E-state index is 9.88. The van der Waals surface area contributed by atoms with Gasteiger partial charge in [-0.1, -0.05) is 13.3 Å². The summed E-state index contributed by atoms with van der Waals surface area (Å²) in [5.74, 6) is 1.25. The smallest absolute Gasteiger partial charge is 0.191 e. The first-order valence-corrected chi connectivity index (χ1v) is 8.68. The molecule has 0 radical (unpaired) electrons. The van der Waals surface area contributed by atoms with E-state index in [1.165, 1.54) is 19.4 Å². The molecule has 1 aliphatic heterocycles. The Morgan fingerprint density at radius 2 is 2.05 bits per heavy atom. The van der Waals surface area contributed by atoms with E-state index in [0.29, 0.717) is 12.0 Å². The Morgan fingerprint density at radius 3 is 2.71 bits per heavy atom. The molecule has 2 aliphatic rings. The first-order valence-electron chi connectivity index (χ1n) is 8.68. The van der Waals surface area contributed by atoms with Crippen LogP contribution in [0.4, 0.5) is 0 Å². The zero-order chi connectivity index (χ0) is 15.1. The third-order valence-electron chi connectivity index (χ3n) is 4.86. The van der Waals surface area contributed by atoms with Gasteiger partial charge in [0.1, 0.15) is 0 Å². The minimum Gasteiger partial charge on any atom is -0.393 e. The second-order valence-corrected chi connectivity index (χ2v) is 6.28. The second-order valence-electron chi connectivity index (χ2n) is 6.28. The van der Waals surface area contributed by atoms with Gasteiger partial charge in [-0.3, -0.25) is 9.89 Å². The topological polar surface area (TPSA) is 59.9 Å². The van der Waals surface area contributed by atoms with Crippen LogP contribution >= 0.6 is 0 Å². The van der Waals surface area contributed by atoms with E-state index in [1.807, 2.05) is 0 Å². The molecule has 0 spiro atoms. The zero-order valence-electron chi connectivity index (χ0n) is 13.6. The monoisotopic (exact) mass is 296 g/mol. The molecule has 1 saturated carbocycles. The minimum absolute atomic E-state index is 0.151. The van der Waals surface area contributed by atoms with Crippen LogP contribution in [0.3, 0.4) is 0 Å². The van der Waals surface area contributed by atoms with E-state index in [4.69, 9.17) is 0 Å². The zero-order valence-corrected chi connectivity index (χ0v) is 13.6. The third kappa shape index (κ3) is 4.85. The number of hydrogen-bond donors (Lipinski definition) is 3. The predicted molar refractivity (Wildman–Crippen MR) is 87.6 cm³/mol. The lowest BCUT2D eigenvalue weighted by molar-refractivity contribution is 0.136. The molecular weight excluding hydrogens is 264 g/mol. The number of nitrogens with one attached hydrogen (secondary N) is 2. The van der Waals surface area contributed by atoms with Crippen molar-refractivity contribution in [2.75, 3.05) is 32.7 Å². The largest absolute Gasteiger partial charge is 0.393 e. The Balaban J connectivity index is 1.80. The number of aliphatic imine (C=N–C) groups is 1. The van der Waals surface area contributed by atoms with Gasteiger partial charge in [-0.2, -0.15) is 0 Å². The average molecular weight is 296 g/mol. The van der Waals surface area contributed by atoms with Crippen LogP contribution in [-0.4, -0.2) is 60.8 Å². The summed E-state index contributed by atoms with van der Waals surface area (Å²) in [5, 5.41) is 16.7. The average Bonchev–Trinajstić information content (AvgIpc) is 3.10. The molecule has 5 heteroatoms. The summed E-state index contributed by atoms with van der Waals surface area (Å²) in [4.78, 5) is 7.21. The summed E-state index contributed by atoms with van der Waals surface area (Å²) in [7, 11) is 0. The maximum absolute atomic E-state index is 9.88.